The Kier molecular flexibility index (Phi) is 3.11. The molecule has 2 aromatic heterocycles. The minimum Gasteiger partial charge on any atom is -0.383 e. The van der Waals surface area contributed by atoms with Gasteiger partial charge in [-0.3, -0.25) is 0 Å². The van der Waals surface area contributed by atoms with Gasteiger partial charge in [0.25, 0.3) is 0 Å². The van der Waals surface area contributed by atoms with Gasteiger partial charge in [0.1, 0.15) is 10.6 Å². The molecule has 0 atom stereocenters. The van der Waals surface area contributed by atoms with Gasteiger partial charge >= 0.3 is 0 Å². The molecule has 1 aromatic carbocycles. The van der Waals surface area contributed by atoms with Gasteiger partial charge in [-0.05, 0) is 31.5 Å². The maximum atomic E-state index is 14.1. The molecule has 0 amide bonds. The predicted octanol–water partition coefficient (Wildman–Crippen LogP) is 4.35. The molecule has 0 fully saturated rings. The van der Waals surface area contributed by atoms with Crippen LogP contribution < -0.4 is 5.73 Å². The highest BCUT2D eigenvalue weighted by atomic mass is 35.5. The zero-order valence-corrected chi connectivity index (χ0v) is 12.4. The minimum atomic E-state index is -0.530. The lowest BCUT2D eigenvalue weighted by atomic mass is 10.1. The van der Waals surface area contributed by atoms with Crippen LogP contribution in [-0.2, 0) is 0 Å². The van der Waals surface area contributed by atoms with Crippen molar-refractivity contribution in [3.8, 4) is 11.4 Å². The second-order valence-electron chi connectivity index (χ2n) is 4.50. The third-order valence-electron chi connectivity index (χ3n) is 3.25. The van der Waals surface area contributed by atoms with E-state index in [1.807, 2.05) is 13.8 Å². The van der Waals surface area contributed by atoms with E-state index in [1.54, 1.807) is 12.1 Å². The second-order valence-corrected chi connectivity index (χ2v) is 6.11. The van der Waals surface area contributed by atoms with E-state index in [-0.39, 0.29) is 16.4 Å². The highest BCUT2D eigenvalue weighted by Gasteiger charge is 2.16. The first-order chi connectivity index (χ1) is 9.49. The second kappa shape index (κ2) is 4.68. The van der Waals surface area contributed by atoms with Gasteiger partial charge in [0.05, 0.1) is 16.0 Å². The third-order valence-corrected chi connectivity index (χ3v) is 4.64. The molecule has 3 rings (SSSR count). The van der Waals surface area contributed by atoms with Gasteiger partial charge in [0.15, 0.2) is 11.6 Å². The summed E-state index contributed by atoms with van der Waals surface area (Å²) in [5.74, 6) is 0.0976. The molecule has 0 saturated heterocycles. The van der Waals surface area contributed by atoms with E-state index in [0.717, 1.165) is 20.7 Å². The summed E-state index contributed by atoms with van der Waals surface area (Å²) in [6.07, 6.45) is 0. The Morgan fingerprint density at radius 2 is 2.00 bits per heavy atom. The molecule has 0 aliphatic heterocycles. The van der Waals surface area contributed by atoms with Crippen molar-refractivity contribution in [1.29, 1.82) is 0 Å². The largest absolute Gasteiger partial charge is 0.383 e. The lowest BCUT2D eigenvalue weighted by Gasteiger charge is -2.05. The van der Waals surface area contributed by atoms with Crippen molar-refractivity contribution in [1.82, 2.24) is 9.97 Å². The highest BCUT2D eigenvalue weighted by Crippen LogP contribution is 2.34. The Hall–Kier alpha value is -1.72. The van der Waals surface area contributed by atoms with Crippen LogP contribution in [0.15, 0.2) is 18.2 Å². The number of halogens is 2. The van der Waals surface area contributed by atoms with E-state index in [2.05, 4.69) is 9.97 Å². The fraction of sp³-hybridized carbons (Fsp3) is 0.143. The molecule has 2 N–H and O–H groups in total. The molecule has 0 aliphatic rings. The Labute approximate surface area is 124 Å². The van der Waals surface area contributed by atoms with Crippen LogP contribution in [-0.4, -0.2) is 9.97 Å². The fourth-order valence-electron chi connectivity index (χ4n) is 2.08. The molecule has 3 aromatic rings. The third kappa shape index (κ3) is 1.94. The lowest BCUT2D eigenvalue weighted by Crippen LogP contribution is -1.98. The van der Waals surface area contributed by atoms with Gasteiger partial charge in [-0.1, -0.05) is 17.7 Å². The molecule has 0 radical (unpaired) electrons. The standard InChI is InChI=1S/C14H11ClFN3S/c1-6-7(2)20-14-10(6)12(17)18-13(19-14)8-4-3-5-9(15)11(8)16/h3-5H,1-2H3,(H2,17,18,19). The quantitative estimate of drug-likeness (QED) is 0.727. The first-order valence-electron chi connectivity index (χ1n) is 5.96. The zero-order chi connectivity index (χ0) is 14.4. The Balaban J connectivity index is 2.30. The number of rotatable bonds is 1. The summed E-state index contributed by atoms with van der Waals surface area (Å²) in [6.45, 7) is 3.98. The molecule has 0 spiro atoms. The van der Waals surface area contributed by atoms with Crippen molar-refractivity contribution in [2.24, 2.45) is 0 Å². The van der Waals surface area contributed by atoms with Gasteiger partial charge in [-0.15, -0.1) is 11.3 Å². The van der Waals surface area contributed by atoms with E-state index in [0.29, 0.717) is 5.82 Å². The molecule has 3 nitrogen and oxygen atoms in total. The number of aromatic nitrogens is 2. The van der Waals surface area contributed by atoms with Crippen molar-refractivity contribution >= 4 is 39.0 Å². The van der Waals surface area contributed by atoms with Gasteiger partial charge in [-0.2, -0.15) is 0 Å². The van der Waals surface area contributed by atoms with Crippen LogP contribution in [0.5, 0.6) is 0 Å². The molecule has 0 aliphatic carbocycles. The van der Waals surface area contributed by atoms with E-state index in [1.165, 1.54) is 17.4 Å². The average Bonchev–Trinajstić information content (AvgIpc) is 2.68. The van der Waals surface area contributed by atoms with Gasteiger partial charge in [-0.25, -0.2) is 14.4 Å². The summed E-state index contributed by atoms with van der Waals surface area (Å²) in [5.41, 5.74) is 7.33. The summed E-state index contributed by atoms with van der Waals surface area (Å²) < 4.78 is 14.1. The van der Waals surface area contributed by atoms with Crippen LogP contribution >= 0.6 is 22.9 Å². The van der Waals surface area contributed by atoms with Crippen LogP contribution in [0.2, 0.25) is 5.02 Å². The highest BCUT2D eigenvalue weighted by molar-refractivity contribution is 7.18. The molecule has 6 heteroatoms. The molecule has 20 heavy (non-hydrogen) atoms. The van der Waals surface area contributed by atoms with E-state index < -0.39 is 5.82 Å². The molecule has 102 valence electrons. The summed E-state index contributed by atoms with van der Waals surface area (Å²) >= 11 is 7.32. The predicted molar refractivity (Wildman–Crippen MR) is 81.7 cm³/mol. The van der Waals surface area contributed by atoms with Crippen LogP contribution in [0.25, 0.3) is 21.6 Å². The van der Waals surface area contributed by atoms with Crippen molar-refractivity contribution in [3.63, 3.8) is 0 Å². The van der Waals surface area contributed by atoms with Crippen LogP contribution in [0.1, 0.15) is 10.4 Å². The maximum Gasteiger partial charge on any atom is 0.166 e. The topological polar surface area (TPSA) is 51.8 Å². The van der Waals surface area contributed by atoms with Crippen LogP contribution in [0.4, 0.5) is 10.2 Å². The zero-order valence-electron chi connectivity index (χ0n) is 10.9. The number of nitrogens with zero attached hydrogens (tertiary/aromatic N) is 2. The number of hydrogen-bond acceptors (Lipinski definition) is 4. The lowest BCUT2D eigenvalue weighted by molar-refractivity contribution is 0.630. The fourth-order valence-corrected chi connectivity index (χ4v) is 3.29. The number of hydrogen-bond donors (Lipinski definition) is 1. The first-order valence-corrected chi connectivity index (χ1v) is 7.16. The smallest absolute Gasteiger partial charge is 0.166 e. The van der Waals surface area contributed by atoms with Gasteiger partial charge in [0.2, 0.25) is 0 Å². The van der Waals surface area contributed by atoms with Crippen LogP contribution in [0.3, 0.4) is 0 Å². The number of aryl methyl sites for hydroxylation is 2. The van der Waals surface area contributed by atoms with Crippen molar-refractivity contribution < 1.29 is 4.39 Å². The summed E-state index contributed by atoms with van der Waals surface area (Å²) in [7, 11) is 0. The monoisotopic (exact) mass is 307 g/mol. The Morgan fingerprint density at radius 3 is 2.75 bits per heavy atom. The number of nitrogens with two attached hydrogens (primary N) is 1. The maximum absolute atomic E-state index is 14.1. The number of nitrogen functional groups attached to an aromatic ring is 1. The SMILES string of the molecule is Cc1sc2nc(-c3cccc(Cl)c3F)nc(N)c2c1C. The molecule has 2 heterocycles. The Morgan fingerprint density at radius 1 is 1.25 bits per heavy atom. The molecule has 0 saturated carbocycles. The Bertz CT molecular complexity index is 829. The van der Waals surface area contributed by atoms with Crippen molar-refractivity contribution in [3.05, 3.63) is 39.5 Å². The number of benzene rings is 1. The average molecular weight is 308 g/mol. The molecule has 0 bridgehead atoms. The van der Waals surface area contributed by atoms with E-state index >= 15 is 0 Å². The number of anilines is 1. The normalized spacial score (nSPS) is 11.2. The van der Waals surface area contributed by atoms with Crippen LogP contribution in [0, 0.1) is 19.7 Å². The summed E-state index contributed by atoms with van der Waals surface area (Å²) in [5, 5.41) is 0.891. The van der Waals surface area contributed by atoms with Crippen molar-refractivity contribution in [2.75, 3.05) is 5.73 Å². The summed E-state index contributed by atoms with van der Waals surface area (Å²) in [6, 6.07) is 4.74. The van der Waals surface area contributed by atoms with E-state index in [9.17, 15) is 4.39 Å². The van der Waals surface area contributed by atoms with Gasteiger partial charge in [0, 0.05) is 4.88 Å². The number of thiophene rings is 1. The molecular formula is C14H11ClFN3S. The minimum absolute atomic E-state index is 0.0447. The summed E-state index contributed by atoms with van der Waals surface area (Å²) in [4.78, 5) is 10.5. The number of fused-ring (bicyclic) bond motifs is 1. The van der Waals surface area contributed by atoms with E-state index in [4.69, 9.17) is 17.3 Å². The van der Waals surface area contributed by atoms with Crippen molar-refractivity contribution in [2.45, 2.75) is 13.8 Å². The van der Waals surface area contributed by atoms with Gasteiger partial charge < -0.3 is 5.73 Å². The first kappa shape index (κ1) is 13.3. The molecular weight excluding hydrogens is 297 g/mol. The molecule has 0 unspecified atom stereocenters.